The molecule has 0 amide bonds. The number of rotatable bonds is 1. The van der Waals surface area contributed by atoms with Crippen molar-refractivity contribution in [2.45, 2.75) is 45.2 Å². The van der Waals surface area contributed by atoms with E-state index in [9.17, 15) is 4.79 Å². The Kier molecular flexibility index (Phi) is 8.51. The van der Waals surface area contributed by atoms with E-state index in [-0.39, 0.29) is 5.92 Å². The van der Waals surface area contributed by atoms with Crippen LogP contribution in [0.4, 0.5) is 5.69 Å². The van der Waals surface area contributed by atoms with Crippen molar-refractivity contribution in [3.63, 3.8) is 0 Å². The molecule has 0 aliphatic carbocycles. The Morgan fingerprint density at radius 3 is 2.42 bits per heavy atom. The molecular weight excluding hydrogens is 498 g/mol. The van der Waals surface area contributed by atoms with Crippen molar-refractivity contribution in [3.8, 4) is 11.3 Å². The number of ether oxygens (including phenoxy) is 1. The quantitative estimate of drug-likeness (QED) is 0.449. The van der Waals surface area contributed by atoms with Gasteiger partial charge in [0, 0.05) is 62.4 Å². The molecule has 7 nitrogen and oxygen atoms in total. The summed E-state index contributed by atoms with van der Waals surface area (Å²) in [5.41, 5.74) is 7.15. The van der Waals surface area contributed by atoms with Crippen LogP contribution in [0.1, 0.15) is 48.2 Å². The molecule has 0 N–H and O–H groups in total. The molecule has 6 aliphatic rings. The van der Waals surface area contributed by atoms with Gasteiger partial charge < -0.3 is 14.5 Å². The molecule has 0 atom stereocenters. The third-order valence-electron chi connectivity index (χ3n) is 8.60. The second-order valence-electron chi connectivity index (χ2n) is 11.7. The average molecular weight is 540 g/mol. The van der Waals surface area contributed by atoms with Crippen molar-refractivity contribution < 1.29 is 9.53 Å². The first kappa shape index (κ1) is 27.1. The third kappa shape index (κ3) is 6.77. The number of carbonyl (C=O) groups excluding carboxylic acids is 1. The first-order valence-corrected chi connectivity index (χ1v) is 14.9. The Morgan fingerprint density at radius 2 is 1.62 bits per heavy atom. The summed E-state index contributed by atoms with van der Waals surface area (Å²) in [6, 6.07) is 17.7. The standard InChI is InChI=1S/C33H41N5O2/c1-36-12-2-3-32(39)29-9-13-37(14-10-29)24-27-19-26(20-30(21-27)38-15-17-40-18-16-38)22-33-34-11-8-31(35-33)28-6-4-25(23-36)5-7-28/h4-8,11,19-21,29H,2-3,9-10,12-18,22-24H2,1H3. The zero-order valence-corrected chi connectivity index (χ0v) is 23.7. The van der Waals surface area contributed by atoms with Crippen LogP contribution in [0.25, 0.3) is 11.3 Å². The maximum Gasteiger partial charge on any atom is 0.136 e. The van der Waals surface area contributed by atoms with E-state index in [2.05, 4.69) is 69.2 Å². The molecule has 1 aromatic heterocycles. The number of nitrogens with zero attached hydrogens (tertiary/aromatic N) is 5. The van der Waals surface area contributed by atoms with Crippen molar-refractivity contribution in [2.75, 3.05) is 57.9 Å². The van der Waals surface area contributed by atoms with Crippen LogP contribution >= 0.6 is 0 Å². The van der Waals surface area contributed by atoms with E-state index < -0.39 is 0 Å². The molecule has 2 fully saturated rings. The molecule has 2 aromatic carbocycles. The highest BCUT2D eigenvalue weighted by Crippen LogP contribution is 2.27. The number of hydrogen-bond acceptors (Lipinski definition) is 7. The molecule has 3 aromatic rings. The largest absolute Gasteiger partial charge is 0.378 e. The molecule has 8 bridgehead atoms. The van der Waals surface area contributed by atoms with E-state index in [0.717, 1.165) is 95.4 Å². The van der Waals surface area contributed by atoms with E-state index in [1.165, 1.54) is 22.4 Å². The summed E-state index contributed by atoms with van der Waals surface area (Å²) in [7, 11) is 2.14. The summed E-state index contributed by atoms with van der Waals surface area (Å²) >= 11 is 0. The van der Waals surface area contributed by atoms with Gasteiger partial charge in [-0.25, -0.2) is 9.97 Å². The van der Waals surface area contributed by atoms with Gasteiger partial charge in [0.25, 0.3) is 0 Å². The summed E-state index contributed by atoms with van der Waals surface area (Å²) in [6.07, 6.45) is 6.13. The van der Waals surface area contributed by atoms with Gasteiger partial charge in [-0.1, -0.05) is 30.3 Å². The van der Waals surface area contributed by atoms with Gasteiger partial charge in [-0.2, -0.15) is 0 Å². The fourth-order valence-electron chi connectivity index (χ4n) is 6.34. The molecule has 210 valence electrons. The smallest absolute Gasteiger partial charge is 0.136 e. The van der Waals surface area contributed by atoms with Crippen molar-refractivity contribution in [1.82, 2.24) is 19.8 Å². The van der Waals surface area contributed by atoms with E-state index in [1.807, 2.05) is 12.3 Å². The Bertz CT molecular complexity index is 1300. The summed E-state index contributed by atoms with van der Waals surface area (Å²) in [5.74, 6) is 1.51. The van der Waals surface area contributed by atoms with Crippen molar-refractivity contribution in [1.29, 1.82) is 0 Å². The van der Waals surface area contributed by atoms with Gasteiger partial charge in [0.05, 0.1) is 18.9 Å². The van der Waals surface area contributed by atoms with Crippen LogP contribution in [0.5, 0.6) is 0 Å². The topological polar surface area (TPSA) is 61.8 Å². The average Bonchev–Trinajstić information content (AvgIpc) is 2.98. The van der Waals surface area contributed by atoms with Crippen LogP contribution in [0, 0.1) is 5.92 Å². The van der Waals surface area contributed by atoms with Crippen LogP contribution in [0.3, 0.4) is 0 Å². The highest BCUT2D eigenvalue weighted by molar-refractivity contribution is 5.81. The zero-order valence-electron chi connectivity index (χ0n) is 23.7. The molecule has 7 heterocycles. The monoisotopic (exact) mass is 539 g/mol. The van der Waals surface area contributed by atoms with Crippen LogP contribution in [0.2, 0.25) is 0 Å². The lowest BCUT2D eigenvalue weighted by atomic mass is 9.90. The normalized spacial score (nSPS) is 23.0. The summed E-state index contributed by atoms with van der Waals surface area (Å²) in [6.45, 7) is 8.03. The summed E-state index contributed by atoms with van der Waals surface area (Å²) in [5, 5.41) is 0. The molecule has 0 radical (unpaired) electrons. The number of ketones is 1. The van der Waals surface area contributed by atoms with Crippen LogP contribution in [-0.4, -0.2) is 78.5 Å². The van der Waals surface area contributed by atoms with Crippen molar-refractivity contribution >= 4 is 11.5 Å². The molecule has 7 heteroatoms. The lowest BCUT2D eigenvalue weighted by Crippen LogP contribution is -2.37. The van der Waals surface area contributed by atoms with Crippen LogP contribution in [-0.2, 0) is 29.0 Å². The van der Waals surface area contributed by atoms with Gasteiger partial charge in [0.1, 0.15) is 11.6 Å². The van der Waals surface area contributed by atoms with Gasteiger partial charge >= 0.3 is 0 Å². The van der Waals surface area contributed by atoms with E-state index in [0.29, 0.717) is 18.6 Å². The van der Waals surface area contributed by atoms with Gasteiger partial charge in [-0.3, -0.25) is 9.69 Å². The van der Waals surface area contributed by atoms with Crippen LogP contribution in [0.15, 0.2) is 54.7 Å². The number of benzene rings is 2. The predicted molar refractivity (Wildman–Crippen MR) is 158 cm³/mol. The highest BCUT2D eigenvalue weighted by Gasteiger charge is 2.25. The fraction of sp³-hybridized carbons (Fsp3) is 0.485. The Labute approximate surface area is 238 Å². The minimum Gasteiger partial charge on any atom is -0.378 e. The second kappa shape index (κ2) is 12.6. The first-order valence-electron chi connectivity index (χ1n) is 14.9. The number of carbonyl (C=O) groups is 1. The van der Waals surface area contributed by atoms with Crippen molar-refractivity contribution in [2.24, 2.45) is 5.92 Å². The van der Waals surface area contributed by atoms with E-state index >= 15 is 0 Å². The van der Waals surface area contributed by atoms with Gasteiger partial charge in [-0.15, -0.1) is 0 Å². The molecule has 2 saturated heterocycles. The van der Waals surface area contributed by atoms with E-state index in [1.54, 1.807) is 0 Å². The molecule has 0 unspecified atom stereocenters. The third-order valence-corrected chi connectivity index (χ3v) is 8.60. The van der Waals surface area contributed by atoms with E-state index in [4.69, 9.17) is 9.72 Å². The van der Waals surface area contributed by atoms with Gasteiger partial charge in [0.15, 0.2) is 0 Å². The maximum atomic E-state index is 13.0. The lowest BCUT2D eigenvalue weighted by molar-refractivity contribution is -0.124. The summed E-state index contributed by atoms with van der Waals surface area (Å²) in [4.78, 5) is 29.9. The molecule has 6 aliphatic heterocycles. The molecule has 0 saturated carbocycles. The van der Waals surface area contributed by atoms with Crippen molar-refractivity contribution in [3.05, 3.63) is 77.2 Å². The lowest BCUT2D eigenvalue weighted by Gasteiger charge is -2.32. The zero-order chi connectivity index (χ0) is 27.3. The number of piperidine rings is 1. The maximum absolute atomic E-state index is 13.0. The Morgan fingerprint density at radius 1 is 0.850 bits per heavy atom. The number of aromatic nitrogens is 2. The highest BCUT2D eigenvalue weighted by atomic mass is 16.5. The fourth-order valence-corrected chi connectivity index (χ4v) is 6.34. The second-order valence-corrected chi connectivity index (χ2v) is 11.7. The Hall–Kier alpha value is -3.13. The number of anilines is 1. The Balaban J connectivity index is 1.31. The number of Topliss-reactive ketones (excluding diaryl/α,β-unsaturated/α-hetero) is 1. The predicted octanol–water partition coefficient (Wildman–Crippen LogP) is 4.58. The van der Waals surface area contributed by atoms with Crippen LogP contribution < -0.4 is 4.90 Å². The van der Waals surface area contributed by atoms with Gasteiger partial charge in [0.2, 0.25) is 0 Å². The molecule has 0 spiro atoms. The van der Waals surface area contributed by atoms with Gasteiger partial charge in [-0.05, 0) is 80.8 Å². The SMILES string of the molecule is CN1CCCC(=O)C2CCN(CC2)Cc2cc(cc(N3CCOCC3)c2)Cc2nccc(n2)-c2ccc(cc2)C1. The first-order chi connectivity index (χ1) is 19.6. The minimum atomic E-state index is 0.214. The number of morpholine rings is 1. The summed E-state index contributed by atoms with van der Waals surface area (Å²) < 4.78 is 5.62. The minimum absolute atomic E-state index is 0.214. The number of hydrogen-bond donors (Lipinski definition) is 0. The molecule has 40 heavy (non-hydrogen) atoms. The molecular formula is C33H41N5O2. The molecule has 9 rings (SSSR count).